The monoisotopic (exact) mass is 385 g/mol. The summed E-state index contributed by atoms with van der Waals surface area (Å²) in [4.78, 5) is 26.8. The second-order valence-electron chi connectivity index (χ2n) is 6.40. The standard InChI is InChI=1S/C21H20ClNO4/c1-13-3-5-15(6-4-13)19(24)17-18(14-7-9-16(22)10-8-14)23(11-12-27-2)21(26)20(17)25/h3-10,18,24H,11-12H2,1-2H3/b19-17+/t18-/m0/s1. The molecule has 140 valence electrons. The molecule has 1 atom stereocenters. The number of likely N-dealkylation sites (tertiary alicyclic amines) is 1. The third-order valence-electron chi connectivity index (χ3n) is 4.59. The Hall–Kier alpha value is -2.63. The van der Waals surface area contributed by atoms with Crippen LogP contribution < -0.4 is 0 Å². The summed E-state index contributed by atoms with van der Waals surface area (Å²) in [7, 11) is 1.53. The second kappa shape index (κ2) is 7.94. The quantitative estimate of drug-likeness (QED) is 0.484. The van der Waals surface area contributed by atoms with Crippen molar-refractivity contribution in [2.75, 3.05) is 20.3 Å². The van der Waals surface area contributed by atoms with Gasteiger partial charge in [-0.05, 0) is 24.6 Å². The lowest BCUT2D eigenvalue weighted by Gasteiger charge is -2.25. The number of hydrogen-bond acceptors (Lipinski definition) is 4. The number of aliphatic hydroxyl groups excluding tert-OH is 1. The highest BCUT2D eigenvalue weighted by atomic mass is 35.5. The summed E-state index contributed by atoms with van der Waals surface area (Å²) in [6, 6.07) is 13.3. The Kier molecular flexibility index (Phi) is 5.63. The molecule has 1 amide bonds. The predicted molar refractivity (Wildman–Crippen MR) is 104 cm³/mol. The van der Waals surface area contributed by atoms with Gasteiger partial charge in [0.05, 0.1) is 18.2 Å². The maximum atomic E-state index is 12.7. The van der Waals surface area contributed by atoms with Gasteiger partial charge in [-0.2, -0.15) is 0 Å². The van der Waals surface area contributed by atoms with Crippen LogP contribution in [0.2, 0.25) is 5.02 Å². The first kappa shape index (κ1) is 19.1. The molecule has 0 bridgehead atoms. The van der Waals surface area contributed by atoms with Crippen LogP contribution in [0.3, 0.4) is 0 Å². The first-order chi connectivity index (χ1) is 12.9. The highest BCUT2D eigenvalue weighted by molar-refractivity contribution is 6.46. The Morgan fingerprint density at radius 3 is 2.33 bits per heavy atom. The molecule has 0 unspecified atom stereocenters. The van der Waals surface area contributed by atoms with E-state index >= 15 is 0 Å². The van der Waals surface area contributed by atoms with Crippen LogP contribution in [0, 0.1) is 6.92 Å². The van der Waals surface area contributed by atoms with Gasteiger partial charge in [-0.1, -0.05) is 53.6 Å². The highest BCUT2D eigenvalue weighted by Crippen LogP contribution is 2.39. The molecule has 1 heterocycles. The average molecular weight is 386 g/mol. The lowest BCUT2D eigenvalue weighted by molar-refractivity contribution is -0.140. The van der Waals surface area contributed by atoms with Gasteiger partial charge in [0.25, 0.3) is 11.7 Å². The van der Waals surface area contributed by atoms with Crippen molar-refractivity contribution in [3.05, 3.63) is 75.8 Å². The van der Waals surface area contributed by atoms with Gasteiger partial charge in [0.2, 0.25) is 0 Å². The molecule has 27 heavy (non-hydrogen) atoms. The molecule has 1 N–H and O–H groups in total. The summed E-state index contributed by atoms with van der Waals surface area (Å²) in [5.74, 6) is -1.54. The van der Waals surface area contributed by atoms with E-state index in [0.717, 1.165) is 5.56 Å². The lowest BCUT2D eigenvalue weighted by Crippen LogP contribution is -2.32. The number of benzene rings is 2. The van der Waals surface area contributed by atoms with Crippen LogP contribution >= 0.6 is 11.6 Å². The molecule has 0 saturated carbocycles. The van der Waals surface area contributed by atoms with Gasteiger partial charge >= 0.3 is 0 Å². The molecule has 0 aliphatic carbocycles. The predicted octanol–water partition coefficient (Wildman–Crippen LogP) is 3.72. The SMILES string of the molecule is COCCN1C(=O)C(=O)/C(=C(/O)c2ccc(C)cc2)[C@@H]1c1ccc(Cl)cc1. The molecule has 1 aliphatic rings. The van der Waals surface area contributed by atoms with Crippen molar-refractivity contribution in [2.24, 2.45) is 0 Å². The van der Waals surface area contributed by atoms with Gasteiger partial charge in [0.1, 0.15) is 5.76 Å². The van der Waals surface area contributed by atoms with E-state index in [4.69, 9.17) is 16.3 Å². The lowest BCUT2D eigenvalue weighted by atomic mass is 9.95. The number of ketones is 1. The fourth-order valence-corrected chi connectivity index (χ4v) is 3.28. The van der Waals surface area contributed by atoms with E-state index in [-0.39, 0.29) is 24.5 Å². The molecule has 1 saturated heterocycles. The molecule has 1 fully saturated rings. The largest absolute Gasteiger partial charge is 0.507 e. The smallest absolute Gasteiger partial charge is 0.295 e. The van der Waals surface area contributed by atoms with Gasteiger partial charge in [-0.25, -0.2) is 0 Å². The van der Waals surface area contributed by atoms with Crippen molar-refractivity contribution in [3.8, 4) is 0 Å². The van der Waals surface area contributed by atoms with Crippen molar-refractivity contribution < 1.29 is 19.4 Å². The molecule has 1 aliphatic heterocycles. The first-order valence-corrected chi connectivity index (χ1v) is 8.91. The summed E-state index contributed by atoms with van der Waals surface area (Å²) in [5.41, 5.74) is 2.29. The maximum Gasteiger partial charge on any atom is 0.295 e. The number of methoxy groups -OCH3 is 1. The number of ether oxygens (including phenoxy) is 1. The zero-order valence-corrected chi connectivity index (χ0v) is 15.9. The van der Waals surface area contributed by atoms with E-state index in [0.29, 0.717) is 16.1 Å². The van der Waals surface area contributed by atoms with E-state index in [1.54, 1.807) is 36.4 Å². The van der Waals surface area contributed by atoms with Gasteiger partial charge in [-0.3, -0.25) is 9.59 Å². The number of aryl methyl sites for hydroxylation is 1. The van der Waals surface area contributed by atoms with Gasteiger partial charge in [-0.15, -0.1) is 0 Å². The number of aliphatic hydroxyl groups is 1. The summed E-state index contributed by atoms with van der Waals surface area (Å²) >= 11 is 5.98. The Labute approximate surface area is 162 Å². The Bertz CT molecular complexity index is 887. The summed E-state index contributed by atoms with van der Waals surface area (Å²) < 4.78 is 5.08. The van der Waals surface area contributed by atoms with Crippen LogP contribution in [-0.2, 0) is 14.3 Å². The number of halogens is 1. The molecule has 5 nitrogen and oxygen atoms in total. The van der Waals surface area contributed by atoms with Crippen molar-refractivity contribution in [1.82, 2.24) is 4.90 Å². The third-order valence-corrected chi connectivity index (χ3v) is 4.84. The molecule has 0 aromatic heterocycles. The van der Waals surface area contributed by atoms with Gasteiger partial charge in [0, 0.05) is 24.2 Å². The first-order valence-electron chi connectivity index (χ1n) is 8.54. The molecular weight excluding hydrogens is 366 g/mol. The van der Waals surface area contributed by atoms with Crippen LogP contribution in [0.5, 0.6) is 0 Å². The zero-order valence-electron chi connectivity index (χ0n) is 15.1. The van der Waals surface area contributed by atoms with E-state index in [1.807, 2.05) is 19.1 Å². The number of carbonyl (C=O) groups is 2. The molecular formula is C21H20ClNO4. The summed E-state index contributed by atoms with van der Waals surface area (Å²) in [6.45, 7) is 2.45. The van der Waals surface area contributed by atoms with Crippen LogP contribution in [-0.4, -0.2) is 42.0 Å². The van der Waals surface area contributed by atoms with E-state index < -0.39 is 17.7 Å². The molecule has 2 aromatic carbocycles. The minimum Gasteiger partial charge on any atom is -0.507 e. The van der Waals surface area contributed by atoms with Crippen molar-refractivity contribution in [1.29, 1.82) is 0 Å². The average Bonchev–Trinajstić information content (AvgIpc) is 2.91. The normalized spacial score (nSPS) is 18.9. The highest BCUT2D eigenvalue weighted by Gasteiger charge is 2.45. The van der Waals surface area contributed by atoms with Crippen LogP contribution in [0.15, 0.2) is 54.1 Å². The Morgan fingerprint density at radius 2 is 1.74 bits per heavy atom. The van der Waals surface area contributed by atoms with Crippen LogP contribution in [0.4, 0.5) is 0 Å². The number of Topliss-reactive ketones (excluding diaryl/α,β-unsaturated/α-hetero) is 1. The number of hydrogen-bond donors (Lipinski definition) is 1. The topological polar surface area (TPSA) is 66.8 Å². The van der Waals surface area contributed by atoms with Crippen LogP contribution in [0.1, 0.15) is 22.7 Å². The molecule has 3 rings (SSSR count). The van der Waals surface area contributed by atoms with Crippen LogP contribution in [0.25, 0.3) is 5.76 Å². The fraction of sp³-hybridized carbons (Fsp3) is 0.238. The second-order valence-corrected chi connectivity index (χ2v) is 6.84. The minimum absolute atomic E-state index is 0.0716. The Morgan fingerprint density at radius 1 is 1.11 bits per heavy atom. The molecule has 2 aromatic rings. The van der Waals surface area contributed by atoms with E-state index in [9.17, 15) is 14.7 Å². The zero-order chi connectivity index (χ0) is 19.6. The summed E-state index contributed by atoms with van der Waals surface area (Å²) in [6.07, 6.45) is 0. The van der Waals surface area contributed by atoms with Crippen molar-refractivity contribution >= 4 is 29.1 Å². The van der Waals surface area contributed by atoms with Crippen molar-refractivity contribution in [2.45, 2.75) is 13.0 Å². The van der Waals surface area contributed by atoms with Gasteiger partial charge in [0.15, 0.2) is 0 Å². The third kappa shape index (κ3) is 3.75. The molecule has 0 radical (unpaired) electrons. The Balaban J connectivity index is 2.14. The number of amides is 1. The minimum atomic E-state index is -0.705. The molecule has 0 spiro atoms. The van der Waals surface area contributed by atoms with Crippen molar-refractivity contribution in [3.63, 3.8) is 0 Å². The van der Waals surface area contributed by atoms with E-state index in [1.165, 1.54) is 12.0 Å². The maximum absolute atomic E-state index is 12.7. The molecule has 6 heteroatoms. The number of rotatable bonds is 5. The van der Waals surface area contributed by atoms with E-state index in [2.05, 4.69) is 0 Å². The number of carbonyl (C=O) groups excluding carboxylic acids is 2. The van der Waals surface area contributed by atoms with Gasteiger partial charge < -0.3 is 14.7 Å². The summed E-state index contributed by atoms with van der Waals surface area (Å²) in [5, 5.41) is 11.4. The fourth-order valence-electron chi connectivity index (χ4n) is 3.16. The number of nitrogens with zero attached hydrogens (tertiary/aromatic N) is 1.